The smallest absolute Gasteiger partial charge is 0.236 e. The molecule has 0 aliphatic carbocycles. The van der Waals surface area contributed by atoms with Gasteiger partial charge in [-0.15, -0.1) is 6.42 Å². The summed E-state index contributed by atoms with van der Waals surface area (Å²) in [5.74, 6) is 2.45. The third-order valence-corrected chi connectivity index (χ3v) is 4.69. The Balaban J connectivity index is 2.36. The van der Waals surface area contributed by atoms with E-state index in [-0.39, 0.29) is 4.90 Å². The first-order valence-electron chi connectivity index (χ1n) is 6.51. The predicted molar refractivity (Wildman–Crippen MR) is 84.6 cm³/mol. The first-order chi connectivity index (χ1) is 9.96. The molecule has 0 amide bonds. The van der Waals surface area contributed by atoms with Crippen LogP contribution in [0, 0.1) is 12.3 Å². The molecule has 0 radical (unpaired) electrons. The Morgan fingerprint density at radius 3 is 2.81 bits per heavy atom. The summed E-state index contributed by atoms with van der Waals surface area (Å²) in [4.78, 5) is 4.29. The predicted octanol–water partition coefficient (Wildman–Crippen LogP) is 2.97. The number of benzene rings is 1. The maximum atomic E-state index is 12.3. The van der Waals surface area contributed by atoms with Gasteiger partial charge in [-0.1, -0.05) is 30.9 Å². The molecule has 4 nitrogen and oxygen atoms in total. The molecular weight excluding hydrogens is 308 g/mol. The molecule has 1 heterocycles. The number of nitrogens with one attached hydrogen (secondary N) is 1. The molecule has 0 aliphatic rings. The summed E-state index contributed by atoms with van der Waals surface area (Å²) in [6.07, 6.45) is 6.75. The summed E-state index contributed by atoms with van der Waals surface area (Å²) in [5, 5.41) is 1.07. The van der Waals surface area contributed by atoms with Crippen LogP contribution in [-0.4, -0.2) is 19.4 Å². The molecule has 110 valence electrons. The number of hydrogen-bond donors (Lipinski definition) is 1. The molecule has 1 atom stereocenters. The molecule has 1 unspecified atom stereocenters. The monoisotopic (exact) mass is 322 g/mol. The van der Waals surface area contributed by atoms with E-state index in [2.05, 4.69) is 15.6 Å². The van der Waals surface area contributed by atoms with E-state index in [0.29, 0.717) is 22.5 Å². The molecule has 2 rings (SSSR count). The van der Waals surface area contributed by atoms with Crippen LogP contribution >= 0.6 is 11.6 Å². The molecule has 1 aromatic heterocycles. The molecule has 1 aromatic carbocycles. The van der Waals surface area contributed by atoms with Crippen LogP contribution in [0.3, 0.4) is 0 Å². The first kappa shape index (κ1) is 15.8. The molecular formula is C15H15ClN2O2S. The molecule has 0 bridgehead atoms. The van der Waals surface area contributed by atoms with Crippen LogP contribution in [0.15, 0.2) is 35.2 Å². The lowest BCUT2D eigenvalue weighted by Gasteiger charge is -2.13. The van der Waals surface area contributed by atoms with E-state index < -0.39 is 16.1 Å². The lowest BCUT2D eigenvalue weighted by molar-refractivity contribution is 0.564. The largest absolute Gasteiger partial charge is 0.241 e. The number of sulfonamides is 1. The van der Waals surface area contributed by atoms with Gasteiger partial charge in [0, 0.05) is 5.39 Å². The highest BCUT2D eigenvalue weighted by Gasteiger charge is 2.18. The highest BCUT2D eigenvalue weighted by Crippen LogP contribution is 2.20. The van der Waals surface area contributed by atoms with Crippen molar-refractivity contribution in [1.82, 2.24) is 9.71 Å². The molecule has 0 fully saturated rings. The standard InChI is InChI=1S/C15H15ClN2O2S/c1-3-5-12(4-2)18-21(19,20)13-7-8-14-11(10-13)6-9-15(16)17-14/h2,6-10,12,18H,3,5H2,1H3. The zero-order valence-electron chi connectivity index (χ0n) is 11.5. The zero-order chi connectivity index (χ0) is 15.5. The van der Waals surface area contributed by atoms with E-state index in [0.717, 1.165) is 6.42 Å². The topological polar surface area (TPSA) is 59.1 Å². The van der Waals surface area contributed by atoms with Gasteiger partial charge in [0.25, 0.3) is 0 Å². The average Bonchev–Trinajstić information content (AvgIpc) is 2.45. The number of fused-ring (bicyclic) bond motifs is 1. The summed E-state index contributed by atoms with van der Waals surface area (Å²) >= 11 is 5.81. The quantitative estimate of drug-likeness (QED) is 0.680. The number of terminal acetylenes is 1. The first-order valence-corrected chi connectivity index (χ1v) is 8.37. The molecule has 0 aliphatic heterocycles. The van der Waals surface area contributed by atoms with E-state index in [1.807, 2.05) is 6.92 Å². The Bertz CT molecular complexity index is 797. The van der Waals surface area contributed by atoms with Crippen LogP contribution in [0.2, 0.25) is 5.15 Å². The fraction of sp³-hybridized carbons (Fsp3) is 0.267. The highest BCUT2D eigenvalue weighted by atomic mass is 35.5. The van der Waals surface area contributed by atoms with Crippen molar-refractivity contribution in [3.8, 4) is 12.3 Å². The van der Waals surface area contributed by atoms with Crippen LogP contribution in [0.4, 0.5) is 0 Å². The molecule has 2 aromatic rings. The van der Waals surface area contributed by atoms with Crippen molar-refractivity contribution in [3.05, 3.63) is 35.5 Å². The summed E-state index contributed by atoms with van der Waals surface area (Å²) in [7, 11) is -3.65. The van der Waals surface area contributed by atoms with Crippen molar-refractivity contribution >= 4 is 32.5 Å². The van der Waals surface area contributed by atoms with Crippen LogP contribution in [-0.2, 0) is 10.0 Å². The molecule has 0 spiro atoms. The summed E-state index contributed by atoms with van der Waals surface area (Å²) in [6.45, 7) is 1.95. The normalized spacial score (nSPS) is 13.0. The molecule has 21 heavy (non-hydrogen) atoms. The minimum atomic E-state index is -3.65. The molecule has 1 N–H and O–H groups in total. The average molecular weight is 323 g/mol. The maximum Gasteiger partial charge on any atom is 0.241 e. The lowest BCUT2D eigenvalue weighted by atomic mass is 10.2. The van der Waals surface area contributed by atoms with E-state index in [1.165, 1.54) is 6.07 Å². The Kier molecular flexibility index (Phi) is 4.84. The van der Waals surface area contributed by atoms with Gasteiger partial charge in [0.1, 0.15) is 5.15 Å². The summed E-state index contributed by atoms with van der Waals surface area (Å²) < 4.78 is 27.2. The van der Waals surface area contributed by atoms with Gasteiger partial charge in [-0.05, 0) is 36.8 Å². The van der Waals surface area contributed by atoms with Crippen molar-refractivity contribution in [2.45, 2.75) is 30.7 Å². The van der Waals surface area contributed by atoms with E-state index in [1.54, 1.807) is 24.3 Å². The molecule has 0 saturated heterocycles. The number of pyridine rings is 1. The van der Waals surface area contributed by atoms with Crippen LogP contribution in [0.25, 0.3) is 10.9 Å². The van der Waals surface area contributed by atoms with E-state index >= 15 is 0 Å². The number of hydrogen-bond acceptors (Lipinski definition) is 3. The van der Waals surface area contributed by atoms with Gasteiger partial charge < -0.3 is 0 Å². The van der Waals surface area contributed by atoms with Crippen molar-refractivity contribution in [1.29, 1.82) is 0 Å². The van der Waals surface area contributed by atoms with Gasteiger partial charge in [0.15, 0.2) is 0 Å². The van der Waals surface area contributed by atoms with Crippen molar-refractivity contribution < 1.29 is 8.42 Å². The Labute approximate surface area is 129 Å². The van der Waals surface area contributed by atoms with Gasteiger partial charge in [-0.25, -0.2) is 13.4 Å². The Morgan fingerprint density at radius 2 is 2.14 bits per heavy atom. The maximum absolute atomic E-state index is 12.3. The summed E-state index contributed by atoms with van der Waals surface area (Å²) in [6, 6.07) is 7.52. The number of aromatic nitrogens is 1. The molecule has 0 saturated carbocycles. The second-order valence-corrected chi connectivity index (χ2v) is 6.72. The van der Waals surface area contributed by atoms with E-state index in [4.69, 9.17) is 18.0 Å². The van der Waals surface area contributed by atoms with Crippen molar-refractivity contribution in [3.63, 3.8) is 0 Å². The highest BCUT2D eigenvalue weighted by molar-refractivity contribution is 7.89. The second-order valence-electron chi connectivity index (χ2n) is 4.62. The minimum absolute atomic E-state index is 0.162. The number of rotatable bonds is 5. The molecule has 6 heteroatoms. The number of nitrogens with zero attached hydrogens (tertiary/aromatic N) is 1. The second kappa shape index (κ2) is 6.44. The van der Waals surface area contributed by atoms with Crippen LogP contribution < -0.4 is 4.72 Å². The van der Waals surface area contributed by atoms with Crippen molar-refractivity contribution in [2.75, 3.05) is 0 Å². The van der Waals surface area contributed by atoms with Gasteiger partial charge >= 0.3 is 0 Å². The van der Waals surface area contributed by atoms with Crippen LogP contribution in [0.5, 0.6) is 0 Å². The fourth-order valence-electron chi connectivity index (χ4n) is 1.97. The fourth-order valence-corrected chi connectivity index (χ4v) is 3.35. The van der Waals surface area contributed by atoms with Gasteiger partial charge in [0.05, 0.1) is 16.5 Å². The SMILES string of the molecule is C#CC(CCC)NS(=O)(=O)c1ccc2nc(Cl)ccc2c1. The Hall–Kier alpha value is -1.61. The van der Waals surface area contributed by atoms with Crippen LogP contribution in [0.1, 0.15) is 19.8 Å². The summed E-state index contributed by atoms with van der Waals surface area (Å²) in [5.41, 5.74) is 0.642. The van der Waals surface area contributed by atoms with Gasteiger partial charge in [0.2, 0.25) is 10.0 Å². The van der Waals surface area contributed by atoms with Gasteiger partial charge in [-0.3, -0.25) is 0 Å². The van der Waals surface area contributed by atoms with Gasteiger partial charge in [-0.2, -0.15) is 4.72 Å². The lowest BCUT2D eigenvalue weighted by Crippen LogP contribution is -2.33. The zero-order valence-corrected chi connectivity index (χ0v) is 13.1. The van der Waals surface area contributed by atoms with Crippen molar-refractivity contribution in [2.24, 2.45) is 0 Å². The number of halogens is 1. The Morgan fingerprint density at radius 1 is 1.38 bits per heavy atom. The van der Waals surface area contributed by atoms with E-state index in [9.17, 15) is 8.42 Å². The minimum Gasteiger partial charge on any atom is -0.236 e. The third-order valence-electron chi connectivity index (χ3n) is 3.01. The third kappa shape index (κ3) is 3.73.